The maximum Gasteiger partial charge on any atom is 0.410 e. The summed E-state index contributed by atoms with van der Waals surface area (Å²) in [5, 5.41) is 0.531. The lowest BCUT2D eigenvalue weighted by molar-refractivity contribution is 0.0209. The number of halogens is 1. The zero-order valence-corrected chi connectivity index (χ0v) is 13.7. The molecule has 2 aromatic heterocycles. The molecule has 0 aromatic carbocycles. The Balaban J connectivity index is 1.86. The van der Waals surface area contributed by atoms with Crippen LogP contribution in [0.5, 0.6) is 0 Å². The molecule has 1 aliphatic heterocycles. The number of nitrogens with zero attached hydrogens (tertiary/aromatic N) is 2. The minimum absolute atomic E-state index is 0.108. The zero-order chi connectivity index (χ0) is 15.9. The van der Waals surface area contributed by atoms with Crippen molar-refractivity contribution in [1.82, 2.24) is 9.88 Å². The molecule has 3 rings (SSSR count). The molecule has 5 nitrogen and oxygen atoms in total. The van der Waals surface area contributed by atoms with Crippen molar-refractivity contribution >= 4 is 28.8 Å². The average Bonchev–Trinajstić information content (AvgIpc) is 3.01. The van der Waals surface area contributed by atoms with E-state index in [1.165, 1.54) is 0 Å². The van der Waals surface area contributed by atoms with E-state index in [-0.39, 0.29) is 12.1 Å². The Hall–Kier alpha value is -1.75. The fourth-order valence-corrected chi connectivity index (χ4v) is 2.83. The van der Waals surface area contributed by atoms with Gasteiger partial charge in [0.15, 0.2) is 5.58 Å². The van der Waals surface area contributed by atoms with Gasteiger partial charge in [-0.1, -0.05) is 11.6 Å². The van der Waals surface area contributed by atoms with Gasteiger partial charge in [0.1, 0.15) is 16.9 Å². The number of hydrogen-bond donors (Lipinski definition) is 0. The molecule has 0 aliphatic carbocycles. The summed E-state index contributed by atoms with van der Waals surface area (Å²) in [5.41, 5.74) is 0.877. The molecule has 0 bridgehead atoms. The number of furan rings is 1. The van der Waals surface area contributed by atoms with Gasteiger partial charge < -0.3 is 9.15 Å². The molecule has 1 amide bonds. The van der Waals surface area contributed by atoms with Gasteiger partial charge in [0.2, 0.25) is 0 Å². The third-order valence-electron chi connectivity index (χ3n) is 3.56. The molecule has 1 saturated heterocycles. The third kappa shape index (κ3) is 3.04. The lowest BCUT2D eigenvalue weighted by Gasteiger charge is -2.27. The molecular weight excluding hydrogens is 304 g/mol. The summed E-state index contributed by atoms with van der Waals surface area (Å²) >= 11 is 5.93. The monoisotopic (exact) mass is 322 g/mol. The van der Waals surface area contributed by atoms with Crippen LogP contribution in [0.1, 0.15) is 45.4 Å². The SMILES string of the molecule is CC(C)(C)OC(=O)N1CCCC1c1cc2ncc(Cl)cc2o1. The number of rotatable bonds is 1. The summed E-state index contributed by atoms with van der Waals surface area (Å²) in [6, 6.07) is 3.50. The van der Waals surface area contributed by atoms with Crippen LogP contribution in [-0.2, 0) is 4.74 Å². The highest BCUT2D eigenvalue weighted by molar-refractivity contribution is 6.31. The molecular formula is C16H19ClN2O3. The molecule has 0 saturated carbocycles. The summed E-state index contributed by atoms with van der Waals surface area (Å²) in [7, 11) is 0. The van der Waals surface area contributed by atoms with Gasteiger partial charge in [-0.15, -0.1) is 0 Å². The quantitative estimate of drug-likeness (QED) is 0.772. The minimum atomic E-state index is -0.507. The lowest BCUT2D eigenvalue weighted by Crippen LogP contribution is -2.36. The van der Waals surface area contributed by atoms with Crippen LogP contribution in [0.25, 0.3) is 11.1 Å². The maximum atomic E-state index is 12.3. The highest BCUT2D eigenvalue weighted by Gasteiger charge is 2.35. The van der Waals surface area contributed by atoms with E-state index in [2.05, 4.69) is 4.98 Å². The number of fused-ring (bicyclic) bond motifs is 1. The van der Waals surface area contributed by atoms with Crippen molar-refractivity contribution in [3.63, 3.8) is 0 Å². The van der Waals surface area contributed by atoms with Crippen LogP contribution < -0.4 is 0 Å². The largest absolute Gasteiger partial charge is 0.457 e. The fourth-order valence-electron chi connectivity index (χ4n) is 2.68. The van der Waals surface area contributed by atoms with Crippen molar-refractivity contribution in [1.29, 1.82) is 0 Å². The Bertz CT molecular complexity index is 705. The van der Waals surface area contributed by atoms with Crippen molar-refractivity contribution < 1.29 is 13.9 Å². The first-order valence-electron chi connectivity index (χ1n) is 7.38. The van der Waals surface area contributed by atoms with E-state index >= 15 is 0 Å². The van der Waals surface area contributed by atoms with Crippen LogP contribution in [-0.4, -0.2) is 28.1 Å². The molecule has 2 aromatic rings. The van der Waals surface area contributed by atoms with E-state index in [1.807, 2.05) is 26.8 Å². The number of hydrogen-bond acceptors (Lipinski definition) is 4. The molecule has 22 heavy (non-hydrogen) atoms. The van der Waals surface area contributed by atoms with Crippen molar-refractivity contribution in [3.8, 4) is 0 Å². The third-order valence-corrected chi connectivity index (χ3v) is 3.77. The van der Waals surface area contributed by atoms with Gasteiger partial charge in [-0.3, -0.25) is 9.88 Å². The number of likely N-dealkylation sites (tertiary alicyclic amines) is 1. The van der Waals surface area contributed by atoms with Crippen molar-refractivity contribution in [3.05, 3.63) is 29.1 Å². The molecule has 0 spiro atoms. The second kappa shape index (κ2) is 5.47. The number of carbonyl (C=O) groups is 1. The molecule has 1 atom stereocenters. The van der Waals surface area contributed by atoms with Crippen LogP contribution in [0.4, 0.5) is 4.79 Å². The molecule has 0 N–H and O–H groups in total. The second-order valence-electron chi connectivity index (χ2n) is 6.52. The summed E-state index contributed by atoms with van der Waals surface area (Å²) in [6.45, 7) is 6.26. The number of aromatic nitrogens is 1. The Morgan fingerprint density at radius 1 is 1.45 bits per heavy atom. The first-order chi connectivity index (χ1) is 10.3. The molecule has 1 aliphatic rings. The molecule has 6 heteroatoms. The first kappa shape index (κ1) is 15.2. The molecule has 3 heterocycles. The predicted molar refractivity (Wildman–Crippen MR) is 83.9 cm³/mol. The van der Waals surface area contributed by atoms with Crippen molar-refractivity contribution in [2.75, 3.05) is 6.54 Å². The number of ether oxygens (including phenoxy) is 1. The summed E-state index contributed by atoms with van der Waals surface area (Å²) in [4.78, 5) is 18.3. The van der Waals surface area contributed by atoms with E-state index in [0.717, 1.165) is 24.1 Å². The topological polar surface area (TPSA) is 55.6 Å². The van der Waals surface area contributed by atoms with E-state index in [1.54, 1.807) is 17.2 Å². The molecule has 1 unspecified atom stereocenters. The second-order valence-corrected chi connectivity index (χ2v) is 6.95. The van der Waals surface area contributed by atoms with Gasteiger partial charge in [0.25, 0.3) is 0 Å². The lowest BCUT2D eigenvalue weighted by atomic mass is 10.1. The normalized spacial score (nSPS) is 18.9. The predicted octanol–water partition coefficient (Wildman–Crippen LogP) is 4.55. The Morgan fingerprint density at radius 3 is 2.95 bits per heavy atom. The van der Waals surface area contributed by atoms with E-state index in [4.69, 9.17) is 20.8 Å². The van der Waals surface area contributed by atoms with E-state index < -0.39 is 5.60 Å². The minimum Gasteiger partial charge on any atom is -0.457 e. The van der Waals surface area contributed by atoms with Crippen LogP contribution >= 0.6 is 11.6 Å². The average molecular weight is 323 g/mol. The van der Waals surface area contributed by atoms with E-state index in [0.29, 0.717) is 17.2 Å². The number of pyridine rings is 1. The van der Waals surface area contributed by atoms with Gasteiger partial charge >= 0.3 is 6.09 Å². The van der Waals surface area contributed by atoms with Gasteiger partial charge in [-0.2, -0.15) is 0 Å². The molecule has 0 radical (unpaired) electrons. The first-order valence-corrected chi connectivity index (χ1v) is 7.76. The van der Waals surface area contributed by atoms with Crippen molar-refractivity contribution in [2.45, 2.75) is 45.3 Å². The van der Waals surface area contributed by atoms with Gasteiger partial charge in [0, 0.05) is 24.9 Å². The standard InChI is InChI=1S/C16H19ClN2O3/c1-16(2,3)22-15(20)19-6-4-5-12(19)14-8-11-13(21-14)7-10(17)9-18-11/h7-9,12H,4-6H2,1-3H3. The van der Waals surface area contributed by atoms with Gasteiger partial charge in [-0.25, -0.2) is 4.79 Å². The van der Waals surface area contributed by atoms with Gasteiger partial charge in [0.05, 0.1) is 11.1 Å². The van der Waals surface area contributed by atoms with E-state index in [9.17, 15) is 4.79 Å². The van der Waals surface area contributed by atoms with Gasteiger partial charge in [-0.05, 0) is 33.6 Å². The summed E-state index contributed by atoms with van der Waals surface area (Å²) in [6.07, 6.45) is 3.06. The van der Waals surface area contributed by atoms with Crippen LogP contribution in [0, 0.1) is 0 Å². The Labute approximate surface area is 134 Å². The molecule has 118 valence electrons. The summed E-state index contributed by atoms with van der Waals surface area (Å²) in [5.74, 6) is 0.730. The number of carbonyl (C=O) groups excluding carboxylic acids is 1. The zero-order valence-electron chi connectivity index (χ0n) is 12.9. The smallest absolute Gasteiger partial charge is 0.410 e. The van der Waals surface area contributed by atoms with Crippen LogP contribution in [0.2, 0.25) is 5.02 Å². The number of amides is 1. The highest BCUT2D eigenvalue weighted by Crippen LogP contribution is 2.36. The van der Waals surface area contributed by atoms with Crippen molar-refractivity contribution in [2.24, 2.45) is 0 Å². The van der Waals surface area contributed by atoms with Crippen LogP contribution in [0.15, 0.2) is 22.7 Å². The van der Waals surface area contributed by atoms with Crippen LogP contribution in [0.3, 0.4) is 0 Å². The Morgan fingerprint density at radius 2 is 2.23 bits per heavy atom. The fraction of sp³-hybridized carbons (Fsp3) is 0.500. The highest BCUT2D eigenvalue weighted by atomic mass is 35.5. The maximum absolute atomic E-state index is 12.3. The Kier molecular flexibility index (Phi) is 3.77. The molecule has 1 fully saturated rings. The summed E-state index contributed by atoms with van der Waals surface area (Å²) < 4.78 is 11.3.